The number of imidazole rings is 2. The maximum absolute atomic E-state index is 12.9. The van der Waals surface area contributed by atoms with Crippen LogP contribution in [0.25, 0.3) is 11.0 Å². The molecule has 0 aliphatic heterocycles. The summed E-state index contributed by atoms with van der Waals surface area (Å²) in [7, 11) is 1.32. The van der Waals surface area contributed by atoms with E-state index < -0.39 is 6.09 Å². The van der Waals surface area contributed by atoms with Crippen LogP contribution < -0.4 is 5.32 Å². The summed E-state index contributed by atoms with van der Waals surface area (Å²) in [5.74, 6) is 0.694. The van der Waals surface area contributed by atoms with Gasteiger partial charge in [-0.05, 0) is 62.6 Å². The van der Waals surface area contributed by atoms with Crippen LogP contribution in [0.3, 0.4) is 0 Å². The van der Waals surface area contributed by atoms with Crippen molar-refractivity contribution in [1.82, 2.24) is 34.7 Å². The number of pyridine rings is 1. The van der Waals surface area contributed by atoms with E-state index in [2.05, 4.69) is 37.9 Å². The number of nitrogens with one attached hydrogen (secondary N) is 2. The van der Waals surface area contributed by atoms with Gasteiger partial charge in [0, 0.05) is 30.4 Å². The minimum atomic E-state index is -0.505. The van der Waals surface area contributed by atoms with E-state index in [-0.39, 0.29) is 18.0 Å². The highest BCUT2D eigenvalue weighted by Gasteiger charge is 2.27. The maximum atomic E-state index is 12.9. The van der Waals surface area contributed by atoms with Gasteiger partial charge in [0.15, 0.2) is 0 Å². The maximum Gasteiger partial charge on any atom is 0.418 e. The molecule has 2 atom stereocenters. The first-order valence-electron chi connectivity index (χ1n) is 13.0. The Kier molecular flexibility index (Phi) is 7.50. The molecule has 2 N–H and O–H groups in total. The Morgan fingerprint density at radius 3 is 2.97 bits per heavy atom. The van der Waals surface area contributed by atoms with Gasteiger partial charge in [-0.2, -0.15) is 0 Å². The number of nitrogens with zero attached hydrogens (tertiary/aromatic N) is 5. The van der Waals surface area contributed by atoms with Crippen molar-refractivity contribution in [3.05, 3.63) is 77.4 Å². The van der Waals surface area contributed by atoms with Crippen molar-refractivity contribution < 1.29 is 14.3 Å². The average molecular weight is 516 g/mol. The standard InChI is InChI=1S/C28H33N7O3/c1-4-34(24-9-5-7-19-8-6-12-29-26(19)24)16-25-32-22-11-10-20(14-23(22)33-25)27(36)31-18(2)13-21-15-35(17-30-21)28(37)38-3/h6,8,10-12,14-15,17-18,24H,4-5,7,9,13,16H2,1-3H3,(H,31,36)(H,32,33)/t18-,24?/m1/s1. The second-order valence-electron chi connectivity index (χ2n) is 9.76. The van der Waals surface area contributed by atoms with Gasteiger partial charge >= 0.3 is 6.09 Å². The van der Waals surface area contributed by atoms with E-state index in [1.165, 1.54) is 29.3 Å². The zero-order valence-electron chi connectivity index (χ0n) is 22.0. The van der Waals surface area contributed by atoms with Crippen molar-refractivity contribution in [2.75, 3.05) is 13.7 Å². The molecule has 1 amide bonds. The molecule has 1 aliphatic carbocycles. The zero-order valence-corrected chi connectivity index (χ0v) is 22.0. The predicted molar refractivity (Wildman–Crippen MR) is 143 cm³/mol. The van der Waals surface area contributed by atoms with Gasteiger partial charge in [0.25, 0.3) is 5.91 Å². The second kappa shape index (κ2) is 11.1. The number of carbonyl (C=O) groups excluding carboxylic acids is 2. The fourth-order valence-corrected chi connectivity index (χ4v) is 5.20. The summed E-state index contributed by atoms with van der Waals surface area (Å²) in [5.41, 5.74) is 5.42. The molecule has 0 saturated heterocycles. The first-order valence-corrected chi connectivity index (χ1v) is 13.0. The molecule has 10 heteroatoms. The fourth-order valence-electron chi connectivity index (χ4n) is 5.20. The summed E-state index contributed by atoms with van der Waals surface area (Å²) < 4.78 is 5.96. The van der Waals surface area contributed by atoms with Crippen LogP contribution >= 0.6 is 0 Å². The quantitative estimate of drug-likeness (QED) is 0.364. The first kappa shape index (κ1) is 25.6. The van der Waals surface area contributed by atoms with Crippen LogP contribution in [0.4, 0.5) is 4.79 Å². The summed E-state index contributed by atoms with van der Waals surface area (Å²) in [6, 6.07) is 9.81. The van der Waals surface area contributed by atoms with E-state index in [4.69, 9.17) is 9.97 Å². The zero-order chi connectivity index (χ0) is 26.6. The number of ether oxygens (including phenoxy) is 1. The minimum Gasteiger partial charge on any atom is -0.452 e. The molecule has 5 rings (SSSR count). The summed E-state index contributed by atoms with van der Waals surface area (Å²) in [5, 5.41) is 3.01. The number of methoxy groups -OCH3 is 1. The third-order valence-electron chi connectivity index (χ3n) is 7.07. The molecule has 0 bridgehead atoms. The average Bonchev–Trinajstić information content (AvgIpc) is 3.57. The molecule has 1 aliphatic rings. The van der Waals surface area contributed by atoms with Crippen molar-refractivity contribution in [3.8, 4) is 0 Å². The number of fused-ring (bicyclic) bond motifs is 2. The SMILES string of the molecule is CCN(Cc1nc2ccc(C(=O)N[C@H](C)Cc3cn(C(=O)OC)cn3)cc2[nH]1)C1CCCc2cccnc21. The molecule has 0 fully saturated rings. The minimum absolute atomic E-state index is 0.178. The van der Waals surface area contributed by atoms with Crippen molar-refractivity contribution in [1.29, 1.82) is 0 Å². The first-order chi connectivity index (χ1) is 18.4. The number of benzene rings is 1. The number of aromatic amines is 1. The van der Waals surface area contributed by atoms with Crippen LogP contribution in [-0.4, -0.2) is 61.1 Å². The Labute approximate surface area is 221 Å². The molecular formula is C28H33N7O3. The van der Waals surface area contributed by atoms with Gasteiger partial charge in [0.2, 0.25) is 0 Å². The summed E-state index contributed by atoms with van der Waals surface area (Å²) in [6.07, 6.45) is 8.20. The molecule has 38 heavy (non-hydrogen) atoms. The number of amides is 1. The second-order valence-corrected chi connectivity index (χ2v) is 9.76. The van der Waals surface area contributed by atoms with Crippen molar-refractivity contribution in [2.24, 2.45) is 0 Å². The lowest BCUT2D eigenvalue weighted by molar-refractivity contribution is 0.0940. The molecule has 3 heterocycles. The van der Waals surface area contributed by atoms with Crippen molar-refractivity contribution in [2.45, 2.75) is 58.2 Å². The van der Waals surface area contributed by atoms with Crippen LogP contribution in [0, 0.1) is 0 Å². The highest BCUT2D eigenvalue weighted by molar-refractivity contribution is 5.97. The molecule has 4 aromatic rings. The number of hydrogen-bond donors (Lipinski definition) is 2. The Balaban J connectivity index is 1.25. The lowest BCUT2D eigenvalue weighted by Crippen LogP contribution is -2.34. The number of rotatable bonds is 8. The van der Waals surface area contributed by atoms with Gasteiger partial charge in [-0.1, -0.05) is 13.0 Å². The fraction of sp³-hybridized carbons (Fsp3) is 0.393. The van der Waals surface area contributed by atoms with E-state index >= 15 is 0 Å². The number of H-pyrrole nitrogens is 1. The smallest absolute Gasteiger partial charge is 0.418 e. The van der Waals surface area contributed by atoms with E-state index in [9.17, 15) is 9.59 Å². The van der Waals surface area contributed by atoms with Gasteiger partial charge in [-0.3, -0.25) is 14.7 Å². The molecular weight excluding hydrogens is 482 g/mol. The van der Waals surface area contributed by atoms with Crippen LogP contribution in [-0.2, 0) is 24.1 Å². The van der Waals surface area contributed by atoms with Crippen LogP contribution in [0.15, 0.2) is 49.1 Å². The molecule has 1 aromatic carbocycles. The Morgan fingerprint density at radius 1 is 1.29 bits per heavy atom. The van der Waals surface area contributed by atoms with Crippen LogP contribution in [0.5, 0.6) is 0 Å². The van der Waals surface area contributed by atoms with Gasteiger partial charge in [-0.15, -0.1) is 0 Å². The van der Waals surface area contributed by atoms with Crippen LogP contribution in [0.2, 0.25) is 0 Å². The lowest BCUT2D eigenvalue weighted by Gasteiger charge is -2.33. The Hall–Kier alpha value is -4.05. The lowest BCUT2D eigenvalue weighted by atomic mass is 9.91. The Morgan fingerprint density at radius 2 is 2.16 bits per heavy atom. The molecule has 0 radical (unpaired) electrons. The van der Waals surface area contributed by atoms with Crippen LogP contribution in [0.1, 0.15) is 65.9 Å². The highest BCUT2D eigenvalue weighted by Crippen LogP contribution is 2.33. The topological polar surface area (TPSA) is 118 Å². The monoisotopic (exact) mass is 515 g/mol. The molecule has 1 unspecified atom stereocenters. The van der Waals surface area contributed by atoms with E-state index in [1.54, 1.807) is 12.3 Å². The normalized spacial score (nSPS) is 15.8. The predicted octanol–water partition coefficient (Wildman–Crippen LogP) is 4.03. The third kappa shape index (κ3) is 5.45. The largest absolute Gasteiger partial charge is 0.452 e. The van der Waals surface area contributed by atoms with Gasteiger partial charge < -0.3 is 15.0 Å². The Bertz CT molecular complexity index is 1440. The summed E-state index contributed by atoms with van der Waals surface area (Å²) >= 11 is 0. The van der Waals surface area contributed by atoms with Crippen molar-refractivity contribution in [3.63, 3.8) is 0 Å². The number of aromatic nitrogens is 5. The third-order valence-corrected chi connectivity index (χ3v) is 7.07. The molecule has 0 saturated carbocycles. The van der Waals surface area contributed by atoms with Crippen molar-refractivity contribution >= 4 is 23.0 Å². The van der Waals surface area contributed by atoms with E-state index in [0.717, 1.165) is 42.7 Å². The van der Waals surface area contributed by atoms with Gasteiger partial charge in [0.05, 0.1) is 42.1 Å². The van der Waals surface area contributed by atoms with E-state index in [0.29, 0.717) is 24.2 Å². The molecule has 0 spiro atoms. The highest BCUT2D eigenvalue weighted by atomic mass is 16.5. The summed E-state index contributed by atoms with van der Waals surface area (Å²) in [4.78, 5) is 44.1. The summed E-state index contributed by atoms with van der Waals surface area (Å²) in [6.45, 7) is 5.65. The van der Waals surface area contributed by atoms with E-state index in [1.807, 2.05) is 31.3 Å². The number of carbonyl (C=O) groups is 2. The van der Waals surface area contributed by atoms with Gasteiger partial charge in [0.1, 0.15) is 12.2 Å². The molecule has 3 aromatic heterocycles. The van der Waals surface area contributed by atoms with Gasteiger partial charge in [-0.25, -0.2) is 19.3 Å². The number of aryl methyl sites for hydroxylation is 1. The molecule has 10 nitrogen and oxygen atoms in total. The number of hydrogen-bond acceptors (Lipinski definition) is 7. The molecule has 198 valence electrons.